The van der Waals surface area contributed by atoms with Crippen LogP contribution in [0.5, 0.6) is 0 Å². The molecule has 142 valence electrons. The summed E-state index contributed by atoms with van der Waals surface area (Å²) in [5.41, 5.74) is 0.521. The van der Waals surface area contributed by atoms with Gasteiger partial charge in [0.25, 0.3) is 0 Å². The fourth-order valence-electron chi connectivity index (χ4n) is 2.72. The molecular weight excluding hydrogens is 412 g/mol. The quantitative estimate of drug-likeness (QED) is 0.715. The normalized spacial score (nSPS) is 17.3. The van der Waals surface area contributed by atoms with E-state index in [2.05, 4.69) is 10.6 Å². The van der Waals surface area contributed by atoms with Crippen LogP contribution < -0.4 is 10.6 Å². The summed E-state index contributed by atoms with van der Waals surface area (Å²) in [7, 11) is -2.56. The molecule has 0 saturated carbocycles. The predicted molar refractivity (Wildman–Crippen MR) is 101 cm³/mol. The highest BCUT2D eigenvalue weighted by Crippen LogP contribution is 2.30. The number of hydrogen-bond donors (Lipinski definition) is 2. The van der Waals surface area contributed by atoms with E-state index in [0.717, 1.165) is 11.3 Å². The van der Waals surface area contributed by atoms with Gasteiger partial charge in [0.2, 0.25) is 0 Å². The number of amides is 2. The second-order valence-electron chi connectivity index (χ2n) is 5.66. The fraction of sp³-hybridized carbons (Fsp3) is 0.176. The summed E-state index contributed by atoms with van der Waals surface area (Å²) in [5, 5.41) is 7.10. The molecule has 0 unspecified atom stereocenters. The van der Waals surface area contributed by atoms with E-state index in [-0.39, 0.29) is 15.5 Å². The molecule has 27 heavy (non-hydrogen) atoms. The number of sulfone groups is 1. The van der Waals surface area contributed by atoms with Gasteiger partial charge in [-0.15, -0.1) is 11.3 Å². The number of halogens is 1. The largest absolute Gasteiger partial charge is 0.466 e. The van der Waals surface area contributed by atoms with Crippen LogP contribution in [0.15, 0.2) is 57.3 Å². The number of carbonyl (C=O) groups is 2. The zero-order chi connectivity index (χ0) is 19.6. The Hall–Kier alpha value is -2.36. The fourth-order valence-corrected chi connectivity index (χ4v) is 5.33. The summed E-state index contributed by atoms with van der Waals surface area (Å²) >= 11 is 7.08. The van der Waals surface area contributed by atoms with Crippen molar-refractivity contribution in [1.82, 2.24) is 10.6 Å². The highest BCUT2D eigenvalue weighted by atomic mass is 35.5. The summed E-state index contributed by atoms with van der Waals surface area (Å²) in [6, 6.07) is 8.16. The van der Waals surface area contributed by atoms with E-state index in [9.17, 15) is 18.0 Å². The van der Waals surface area contributed by atoms with Crippen LogP contribution in [-0.2, 0) is 19.4 Å². The lowest BCUT2D eigenvalue weighted by Crippen LogP contribution is -2.47. The topological polar surface area (TPSA) is 102 Å². The van der Waals surface area contributed by atoms with Gasteiger partial charge < -0.3 is 15.4 Å². The highest BCUT2D eigenvalue weighted by Gasteiger charge is 2.35. The molecule has 2 aromatic rings. The average molecular weight is 427 g/mol. The third-order valence-corrected chi connectivity index (χ3v) is 7.24. The first-order valence-corrected chi connectivity index (χ1v) is 10.6. The van der Waals surface area contributed by atoms with Crippen LogP contribution in [0.2, 0.25) is 5.02 Å². The van der Waals surface area contributed by atoms with Crippen molar-refractivity contribution in [3.05, 3.63) is 63.6 Å². The molecule has 3 rings (SSSR count). The van der Waals surface area contributed by atoms with E-state index in [4.69, 9.17) is 16.3 Å². The van der Waals surface area contributed by atoms with E-state index in [1.54, 1.807) is 35.7 Å². The molecule has 2 amide bonds. The molecule has 0 saturated heterocycles. The maximum absolute atomic E-state index is 12.7. The second-order valence-corrected chi connectivity index (χ2v) is 9.26. The first kappa shape index (κ1) is 19.4. The van der Waals surface area contributed by atoms with Crippen LogP contribution in [0.3, 0.4) is 0 Å². The summed E-state index contributed by atoms with van der Waals surface area (Å²) in [6.45, 7) is 0. The Balaban J connectivity index is 2.11. The minimum Gasteiger partial charge on any atom is -0.466 e. The Kier molecular flexibility index (Phi) is 5.54. The second kappa shape index (κ2) is 7.71. The standard InChI is InChI=1S/C17H15ClN2O5S2/c1-25-16(21)14-12(9-27(23,24)13-6-3-7-26-13)19-17(22)20-15(14)10-4-2-5-11(18)8-10/h2-8,15H,9H2,1H3,(H2,19,20,22)/t15-/m1/s1. The molecule has 7 nitrogen and oxygen atoms in total. The SMILES string of the molecule is COC(=O)C1=C(CS(=O)(=O)c2cccs2)NC(=O)N[C@@H]1c1cccc(Cl)c1. The Bertz CT molecular complexity index is 1020. The third kappa shape index (κ3) is 4.15. The Morgan fingerprint density at radius 3 is 2.70 bits per heavy atom. The first-order valence-electron chi connectivity index (χ1n) is 7.72. The van der Waals surface area contributed by atoms with Gasteiger partial charge in [0.05, 0.1) is 24.5 Å². The molecule has 1 aliphatic heterocycles. The average Bonchev–Trinajstić information content (AvgIpc) is 3.16. The van der Waals surface area contributed by atoms with E-state index in [1.807, 2.05) is 0 Å². The maximum atomic E-state index is 12.7. The first-order chi connectivity index (χ1) is 12.8. The molecule has 1 aliphatic rings. The van der Waals surface area contributed by atoms with Crippen LogP contribution in [0.4, 0.5) is 4.79 Å². The van der Waals surface area contributed by atoms with Gasteiger partial charge in [-0.25, -0.2) is 18.0 Å². The molecule has 0 spiro atoms. The van der Waals surface area contributed by atoms with Gasteiger partial charge in [0.1, 0.15) is 4.21 Å². The molecule has 1 atom stereocenters. The number of nitrogens with one attached hydrogen (secondary N) is 2. The van der Waals surface area contributed by atoms with Crippen LogP contribution >= 0.6 is 22.9 Å². The van der Waals surface area contributed by atoms with Crippen molar-refractivity contribution in [2.75, 3.05) is 12.9 Å². The number of ether oxygens (including phenoxy) is 1. The van der Waals surface area contributed by atoms with E-state index in [0.29, 0.717) is 10.6 Å². The number of thiophene rings is 1. The Labute approximate surface area is 164 Å². The number of benzene rings is 1. The zero-order valence-corrected chi connectivity index (χ0v) is 16.5. The number of hydrogen-bond acceptors (Lipinski definition) is 6. The minimum absolute atomic E-state index is 0.0134. The van der Waals surface area contributed by atoms with Crippen LogP contribution in [0.25, 0.3) is 0 Å². The highest BCUT2D eigenvalue weighted by molar-refractivity contribution is 7.93. The Morgan fingerprint density at radius 1 is 1.30 bits per heavy atom. The van der Waals surface area contributed by atoms with Crippen molar-refractivity contribution in [3.63, 3.8) is 0 Å². The van der Waals surface area contributed by atoms with Gasteiger partial charge in [-0.2, -0.15) is 0 Å². The van der Waals surface area contributed by atoms with Crippen molar-refractivity contribution in [2.24, 2.45) is 0 Å². The summed E-state index contributed by atoms with van der Waals surface area (Å²) in [6.07, 6.45) is 0. The van der Waals surface area contributed by atoms with Crippen molar-refractivity contribution in [2.45, 2.75) is 10.3 Å². The summed E-state index contributed by atoms with van der Waals surface area (Å²) in [4.78, 5) is 24.6. The molecule has 0 aliphatic carbocycles. The summed E-state index contributed by atoms with van der Waals surface area (Å²) < 4.78 is 30.3. The number of rotatable bonds is 5. The molecule has 1 aromatic heterocycles. The van der Waals surface area contributed by atoms with Gasteiger partial charge in [-0.1, -0.05) is 29.8 Å². The Morgan fingerprint density at radius 2 is 2.07 bits per heavy atom. The molecule has 2 N–H and O–H groups in total. The number of urea groups is 1. The monoisotopic (exact) mass is 426 g/mol. The van der Waals surface area contributed by atoms with Crippen molar-refractivity contribution < 1.29 is 22.7 Å². The van der Waals surface area contributed by atoms with Crippen LogP contribution in [0, 0.1) is 0 Å². The van der Waals surface area contributed by atoms with E-state index < -0.39 is 33.6 Å². The molecular formula is C17H15ClN2O5S2. The number of carbonyl (C=O) groups excluding carboxylic acids is 2. The van der Waals surface area contributed by atoms with E-state index in [1.165, 1.54) is 13.2 Å². The van der Waals surface area contributed by atoms with E-state index >= 15 is 0 Å². The van der Waals surface area contributed by atoms with Crippen molar-refractivity contribution in [1.29, 1.82) is 0 Å². The zero-order valence-electron chi connectivity index (χ0n) is 14.1. The molecule has 0 fully saturated rings. The van der Waals surface area contributed by atoms with Gasteiger partial charge >= 0.3 is 12.0 Å². The molecule has 1 aromatic carbocycles. The van der Waals surface area contributed by atoms with Crippen LogP contribution in [-0.4, -0.2) is 33.3 Å². The summed E-state index contributed by atoms with van der Waals surface area (Å²) in [5.74, 6) is -1.29. The smallest absolute Gasteiger partial charge is 0.338 e. The van der Waals surface area contributed by atoms with Crippen molar-refractivity contribution >= 4 is 44.8 Å². The maximum Gasteiger partial charge on any atom is 0.338 e. The lowest BCUT2D eigenvalue weighted by molar-refractivity contribution is -0.136. The van der Waals surface area contributed by atoms with Gasteiger partial charge in [-0.05, 0) is 29.1 Å². The van der Waals surface area contributed by atoms with Crippen LogP contribution in [0.1, 0.15) is 11.6 Å². The lowest BCUT2D eigenvalue weighted by Gasteiger charge is -2.29. The third-order valence-electron chi connectivity index (χ3n) is 3.88. The number of methoxy groups -OCH3 is 1. The molecule has 0 bridgehead atoms. The predicted octanol–water partition coefficient (Wildman–Crippen LogP) is 2.66. The minimum atomic E-state index is -3.74. The van der Waals surface area contributed by atoms with Crippen molar-refractivity contribution in [3.8, 4) is 0 Å². The molecule has 2 heterocycles. The number of esters is 1. The lowest BCUT2D eigenvalue weighted by atomic mass is 9.95. The molecule has 0 radical (unpaired) electrons. The molecule has 10 heteroatoms. The van der Waals surface area contributed by atoms with Gasteiger partial charge in [0, 0.05) is 10.7 Å². The van der Waals surface area contributed by atoms with Gasteiger partial charge in [-0.3, -0.25) is 0 Å². The van der Waals surface area contributed by atoms with Gasteiger partial charge in [0.15, 0.2) is 9.84 Å².